The monoisotopic (exact) mass is 425 g/mol. The van der Waals surface area contributed by atoms with Gasteiger partial charge in [0.05, 0.1) is 18.1 Å². The lowest BCUT2D eigenvalue weighted by molar-refractivity contribution is 0.0748. The number of thiophene rings is 1. The number of pyridine rings is 1. The molecule has 2 aromatic heterocycles. The van der Waals surface area contributed by atoms with Gasteiger partial charge in [-0.3, -0.25) is 9.59 Å². The molecule has 158 valence electrons. The van der Waals surface area contributed by atoms with Gasteiger partial charge in [-0.05, 0) is 31.5 Å². The third kappa shape index (κ3) is 3.69. The van der Waals surface area contributed by atoms with Crippen molar-refractivity contribution in [3.63, 3.8) is 0 Å². The number of aromatic nitrogens is 1. The Morgan fingerprint density at radius 1 is 1.17 bits per heavy atom. The zero-order valence-electron chi connectivity index (χ0n) is 17.7. The summed E-state index contributed by atoms with van der Waals surface area (Å²) < 4.78 is 7.93. The lowest BCUT2D eigenvalue weighted by Gasteiger charge is -2.36. The van der Waals surface area contributed by atoms with Crippen LogP contribution in [0.5, 0.6) is 5.75 Å². The first kappa shape index (κ1) is 20.5. The molecule has 0 aliphatic carbocycles. The molecule has 4 rings (SSSR count). The van der Waals surface area contributed by atoms with Gasteiger partial charge in [-0.2, -0.15) is 0 Å². The third-order valence-corrected chi connectivity index (χ3v) is 6.73. The van der Waals surface area contributed by atoms with Crippen LogP contribution in [-0.2, 0) is 6.54 Å². The Balaban J connectivity index is 1.57. The number of carbonyl (C=O) groups excluding carboxylic acids is 1. The molecule has 6 nitrogen and oxygen atoms in total. The number of amides is 1. The van der Waals surface area contributed by atoms with Gasteiger partial charge in [0.1, 0.15) is 5.75 Å². The van der Waals surface area contributed by atoms with Crippen molar-refractivity contribution in [2.45, 2.75) is 26.8 Å². The number of hydrogen-bond acceptors (Lipinski definition) is 5. The fourth-order valence-electron chi connectivity index (χ4n) is 4.07. The van der Waals surface area contributed by atoms with Crippen molar-refractivity contribution in [2.24, 2.45) is 0 Å². The average molecular weight is 426 g/mol. The summed E-state index contributed by atoms with van der Waals surface area (Å²) in [6.07, 6.45) is 2.72. The fourth-order valence-corrected chi connectivity index (χ4v) is 5.11. The first-order chi connectivity index (χ1) is 14.5. The van der Waals surface area contributed by atoms with E-state index in [4.69, 9.17) is 4.74 Å². The van der Waals surface area contributed by atoms with Crippen LogP contribution >= 0.6 is 11.3 Å². The minimum Gasteiger partial charge on any atom is -0.497 e. The standard InChI is InChI=1S/C23H27N3O3S/c1-4-9-25-10-8-19-21(23(25)28)20(16(2)30-19)22(27)26-13-11-24(12-14-26)17-6-5-7-18(15-17)29-3/h5-8,10,15H,4,9,11-14H2,1-3H3. The van der Waals surface area contributed by atoms with Crippen LogP contribution in [0.15, 0.2) is 41.3 Å². The third-order valence-electron chi connectivity index (χ3n) is 5.66. The lowest BCUT2D eigenvalue weighted by atomic mass is 10.1. The zero-order chi connectivity index (χ0) is 21.3. The van der Waals surface area contributed by atoms with E-state index in [1.165, 1.54) is 11.3 Å². The molecule has 3 aromatic rings. The number of methoxy groups -OCH3 is 1. The number of nitrogens with zero attached hydrogens (tertiary/aromatic N) is 3. The van der Waals surface area contributed by atoms with Crippen LogP contribution in [-0.4, -0.2) is 48.7 Å². The number of hydrogen-bond donors (Lipinski definition) is 0. The summed E-state index contributed by atoms with van der Waals surface area (Å²) in [5, 5.41) is 0.577. The molecule has 0 radical (unpaired) electrons. The van der Waals surface area contributed by atoms with Crippen molar-refractivity contribution in [3.8, 4) is 5.75 Å². The van der Waals surface area contributed by atoms with Crippen molar-refractivity contribution in [1.82, 2.24) is 9.47 Å². The van der Waals surface area contributed by atoms with Gasteiger partial charge in [0, 0.05) is 60.3 Å². The van der Waals surface area contributed by atoms with E-state index in [-0.39, 0.29) is 11.5 Å². The molecule has 0 bridgehead atoms. The van der Waals surface area contributed by atoms with E-state index in [1.54, 1.807) is 11.7 Å². The van der Waals surface area contributed by atoms with Crippen molar-refractivity contribution in [3.05, 3.63) is 57.3 Å². The number of ether oxygens (including phenoxy) is 1. The van der Waals surface area contributed by atoms with Gasteiger partial charge in [-0.25, -0.2) is 0 Å². The molecule has 0 N–H and O–H groups in total. The molecule has 0 spiro atoms. The quantitative estimate of drug-likeness (QED) is 0.625. The molecule has 1 aliphatic rings. The van der Waals surface area contributed by atoms with Gasteiger partial charge in [0.2, 0.25) is 0 Å². The maximum atomic E-state index is 13.4. The Morgan fingerprint density at radius 2 is 1.93 bits per heavy atom. The van der Waals surface area contributed by atoms with Crippen molar-refractivity contribution < 1.29 is 9.53 Å². The molecular weight excluding hydrogens is 398 g/mol. The number of piperazine rings is 1. The zero-order valence-corrected chi connectivity index (χ0v) is 18.5. The molecule has 1 aromatic carbocycles. The van der Waals surface area contributed by atoms with Gasteiger partial charge >= 0.3 is 0 Å². The van der Waals surface area contributed by atoms with Crippen LogP contribution < -0.4 is 15.2 Å². The SMILES string of the molecule is CCCn1ccc2sc(C)c(C(=O)N3CCN(c4cccc(OC)c4)CC3)c2c1=O. The highest BCUT2D eigenvalue weighted by Gasteiger charge is 2.27. The second-order valence-electron chi connectivity index (χ2n) is 7.57. The van der Waals surface area contributed by atoms with E-state index >= 15 is 0 Å². The summed E-state index contributed by atoms with van der Waals surface area (Å²) in [7, 11) is 1.66. The average Bonchev–Trinajstić information content (AvgIpc) is 3.12. The molecule has 1 aliphatic heterocycles. The second-order valence-corrected chi connectivity index (χ2v) is 8.82. The first-order valence-corrected chi connectivity index (χ1v) is 11.2. The molecule has 1 saturated heterocycles. The van der Waals surface area contributed by atoms with E-state index in [0.29, 0.717) is 30.6 Å². The topological polar surface area (TPSA) is 54.8 Å². The summed E-state index contributed by atoms with van der Waals surface area (Å²) >= 11 is 1.53. The van der Waals surface area contributed by atoms with Gasteiger partial charge in [-0.15, -0.1) is 11.3 Å². The molecule has 0 unspecified atom stereocenters. The van der Waals surface area contributed by atoms with Crippen LogP contribution in [0, 0.1) is 6.92 Å². The molecule has 0 atom stereocenters. The highest BCUT2D eigenvalue weighted by molar-refractivity contribution is 7.19. The smallest absolute Gasteiger partial charge is 0.260 e. The van der Waals surface area contributed by atoms with Crippen molar-refractivity contribution in [1.29, 1.82) is 0 Å². The van der Waals surface area contributed by atoms with Gasteiger partial charge in [-0.1, -0.05) is 13.0 Å². The number of anilines is 1. The number of benzene rings is 1. The Labute approximate surface area is 180 Å². The molecule has 0 saturated carbocycles. The Morgan fingerprint density at radius 3 is 2.63 bits per heavy atom. The summed E-state index contributed by atoms with van der Waals surface area (Å²) in [6, 6.07) is 9.95. The maximum absolute atomic E-state index is 13.4. The number of aryl methyl sites for hydroxylation is 2. The van der Waals surface area contributed by atoms with Crippen molar-refractivity contribution >= 4 is 33.0 Å². The summed E-state index contributed by atoms with van der Waals surface area (Å²) in [6.45, 7) is 7.40. The predicted octanol–water partition coefficient (Wildman–Crippen LogP) is 3.75. The van der Waals surface area contributed by atoms with Crippen LogP contribution in [0.4, 0.5) is 5.69 Å². The summed E-state index contributed by atoms with van der Waals surface area (Å²) in [5.74, 6) is 0.796. The van der Waals surface area contributed by atoms with Gasteiger partial charge < -0.3 is 19.1 Å². The van der Waals surface area contributed by atoms with E-state index in [9.17, 15) is 9.59 Å². The highest BCUT2D eigenvalue weighted by Crippen LogP contribution is 2.30. The predicted molar refractivity (Wildman–Crippen MR) is 122 cm³/mol. The number of rotatable bonds is 5. The van der Waals surface area contributed by atoms with Gasteiger partial charge in [0.25, 0.3) is 11.5 Å². The Kier molecular flexibility index (Phi) is 5.81. The Hall–Kier alpha value is -2.80. The van der Waals surface area contributed by atoms with Crippen LogP contribution in [0.3, 0.4) is 0 Å². The summed E-state index contributed by atoms with van der Waals surface area (Å²) in [5.41, 5.74) is 1.62. The second kappa shape index (κ2) is 8.52. The molecular formula is C23H27N3O3S. The Bertz CT molecular complexity index is 1130. The normalized spacial score (nSPS) is 14.4. The summed E-state index contributed by atoms with van der Waals surface area (Å²) in [4.78, 5) is 31.5. The van der Waals surface area contributed by atoms with Crippen LogP contribution in [0.1, 0.15) is 28.6 Å². The molecule has 1 fully saturated rings. The van der Waals surface area contributed by atoms with Gasteiger partial charge in [0.15, 0.2) is 0 Å². The van der Waals surface area contributed by atoms with E-state index in [2.05, 4.69) is 11.0 Å². The minimum atomic E-state index is -0.0583. The molecule has 7 heteroatoms. The molecule has 30 heavy (non-hydrogen) atoms. The lowest BCUT2D eigenvalue weighted by Crippen LogP contribution is -2.49. The fraction of sp³-hybridized carbons (Fsp3) is 0.391. The molecule has 3 heterocycles. The highest BCUT2D eigenvalue weighted by atomic mass is 32.1. The first-order valence-electron chi connectivity index (χ1n) is 10.3. The van der Waals surface area contributed by atoms with E-state index in [1.807, 2.05) is 49.2 Å². The van der Waals surface area contributed by atoms with E-state index < -0.39 is 0 Å². The maximum Gasteiger partial charge on any atom is 0.260 e. The van der Waals surface area contributed by atoms with Crippen LogP contribution in [0.2, 0.25) is 0 Å². The minimum absolute atomic E-state index is 0.0320. The molecule has 1 amide bonds. The van der Waals surface area contributed by atoms with E-state index in [0.717, 1.165) is 40.5 Å². The van der Waals surface area contributed by atoms with Crippen LogP contribution in [0.25, 0.3) is 10.1 Å². The van der Waals surface area contributed by atoms with Crippen molar-refractivity contribution in [2.75, 3.05) is 38.2 Å². The largest absolute Gasteiger partial charge is 0.497 e. The number of carbonyl (C=O) groups is 1. The number of fused-ring (bicyclic) bond motifs is 1.